The molecule has 1 amide bonds. The molecule has 0 unspecified atom stereocenters. The molecule has 1 aromatic carbocycles. The normalized spacial score (nSPS) is 17.2. The van der Waals surface area contributed by atoms with E-state index in [1.165, 1.54) is 24.3 Å². The van der Waals surface area contributed by atoms with Crippen molar-refractivity contribution in [3.05, 3.63) is 59.9 Å². The van der Waals surface area contributed by atoms with Crippen LogP contribution < -0.4 is 10.0 Å². The Hall–Kier alpha value is -2.29. The number of amides is 1. The zero-order valence-electron chi connectivity index (χ0n) is 14.2. The van der Waals surface area contributed by atoms with Gasteiger partial charge in [-0.1, -0.05) is 0 Å². The molecular formula is C18H21N3O4S. The van der Waals surface area contributed by atoms with Crippen molar-refractivity contribution >= 4 is 15.9 Å². The quantitative estimate of drug-likeness (QED) is 0.764. The summed E-state index contributed by atoms with van der Waals surface area (Å²) in [6.07, 6.45) is 5.06. The van der Waals surface area contributed by atoms with Gasteiger partial charge in [0.15, 0.2) is 0 Å². The molecule has 7 nitrogen and oxygen atoms in total. The number of hydrogen-bond donors (Lipinski definition) is 2. The third kappa shape index (κ3) is 4.87. The highest BCUT2D eigenvalue weighted by Crippen LogP contribution is 2.14. The van der Waals surface area contributed by atoms with Crippen molar-refractivity contribution in [1.29, 1.82) is 0 Å². The van der Waals surface area contributed by atoms with Gasteiger partial charge >= 0.3 is 0 Å². The lowest BCUT2D eigenvalue weighted by Crippen LogP contribution is -2.31. The van der Waals surface area contributed by atoms with Gasteiger partial charge in [-0.05, 0) is 54.8 Å². The summed E-state index contributed by atoms with van der Waals surface area (Å²) < 4.78 is 32.6. The fourth-order valence-corrected chi connectivity index (χ4v) is 3.73. The maximum atomic E-state index is 12.3. The first kappa shape index (κ1) is 18.5. The summed E-state index contributed by atoms with van der Waals surface area (Å²) in [5.41, 5.74) is 1.34. The van der Waals surface area contributed by atoms with Crippen molar-refractivity contribution in [3.63, 3.8) is 0 Å². The molecule has 0 aliphatic carbocycles. The molecule has 1 aliphatic rings. The van der Waals surface area contributed by atoms with Gasteiger partial charge < -0.3 is 10.1 Å². The van der Waals surface area contributed by atoms with Crippen LogP contribution in [0.3, 0.4) is 0 Å². The number of carbonyl (C=O) groups is 1. The molecular weight excluding hydrogens is 354 g/mol. The van der Waals surface area contributed by atoms with E-state index in [0.717, 1.165) is 18.4 Å². The zero-order valence-corrected chi connectivity index (χ0v) is 15.0. The Balaban J connectivity index is 1.57. The van der Waals surface area contributed by atoms with Crippen LogP contribution in [0.5, 0.6) is 0 Å². The first-order valence-corrected chi connectivity index (χ1v) is 9.91. The SMILES string of the molecule is O=C(NCc1ccncc1)c1ccc(S(=O)(=O)NC[C@H]2CCCO2)cc1. The second kappa shape index (κ2) is 8.39. The summed E-state index contributed by atoms with van der Waals surface area (Å²) >= 11 is 0. The maximum Gasteiger partial charge on any atom is 0.251 e. The van der Waals surface area contributed by atoms with E-state index < -0.39 is 10.0 Å². The standard InChI is InChI=1S/C18H21N3O4S/c22-18(20-12-14-7-9-19-10-8-14)15-3-5-17(6-4-15)26(23,24)21-13-16-2-1-11-25-16/h3-10,16,21H,1-2,11-13H2,(H,20,22)/t16-/m1/s1. The van der Waals surface area contributed by atoms with Crippen LogP contribution in [0.25, 0.3) is 0 Å². The molecule has 8 heteroatoms. The van der Waals surface area contributed by atoms with Gasteiger partial charge in [-0.2, -0.15) is 0 Å². The van der Waals surface area contributed by atoms with Crippen LogP contribution >= 0.6 is 0 Å². The maximum absolute atomic E-state index is 12.3. The molecule has 0 saturated carbocycles. The van der Waals surface area contributed by atoms with E-state index in [1.807, 2.05) is 12.1 Å². The van der Waals surface area contributed by atoms with Crippen LogP contribution in [0.15, 0.2) is 53.7 Å². The van der Waals surface area contributed by atoms with Crippen LogP contribution in [-0.2, 0) is 21.3 Å². The third-order valence-electron chi connectivity index (χ3n) is 4.15. The van der Waals surface area contributed by atoms with E-state index in [0.29, 0.717) is 18.7 Å². The van der Waals surface area contributed by atoms with Gasteiger partial charge in [0.2, 0.25) is 10.0 Å². The largest absolute Gasteiger partial charge is 0.377 e. The molecule has 0 bridgehead atoms. The number of nitrogens with one attached hydrogen (secondary N) is 2. The molecule has 1 fully saturated rings. The summed E-state index contributed by atoms with van der Waals surface area (Å²) in [7, 11) is -3.61. The Labute approximate surface area is 152 Å². The molecule has 0 spiro atoms. The van der Waals surface area contributed by atoms with Gasteiger partial charge in [-0.3, -0.25) is 9.78 Å². The second-order valence-electron chi connectivity index (χ2n) is 6.05. The van der Waals surface area contributed by atoms with E-state index in [4.69, 9.17) is 4.74 Å². The highest BCUT2D eigenvalue weighted by molar-refractivity contribution is 7.89. The highest BCUT2D eigenvalue weighted by Gasteiger charge is 2.20. The van der Waals surface area contributed by atoms with Crippen LogP contribution in [-0.4, -0.2) is 38.6 Å². The molecule has 1 aromatic heterocycles. The van der Waals surface area contributed by atoms with Gasteiger partial charge in [-0.25, -0.2) is 13.1 Å². The van der Waals surface area contributed by atoms with Crippen LogP contribution in [0, 0.1) is 0 Å². The summed E-state index contributed by atoms with van der Waals surface area (Å²) in [6.45, 7) is 1.32. The van der Waals surface area contributed by atoms with E-state index in [-0.39, 0.29) is 23.5 Å². The molecule has 1 saturated heterocycles. The van der Waals surface area contributed by atoms with E-state index in [9.17, 15) is 13.2 Å². The monoisotopic (exact) mass is 375 g/mol. The number of aromatic nitrogens is 1. The molecule has 0 radical (unpaired) electrons. The predicted octanol–water partition coefficient (Wildman–Crippen LogP) is 1.47. The van der Waals surface area contributed by atoms with Crippen molar-refractivity contribution in [2.24, 2.45) is 0 Å². The molecule has 26 heavy (non-hydrogen) atoms. The summed E-state index contributed by atoms with van der Waals surface area (Å²) in [5.74, 6) is -0.266. The number of nitrogens with zero attached hydrogens (tertiary/aromatic N) is 1. The van der Waals surface area contributed by atoms with Crippen molar-refractivity contribution in [1.82, 2.24) is 15.0 Å². The Bertz CT molecular complexity index is 832. The average molecular weight is 375 g/mol. The summed E-state index contributed by atoms with van der Waals surface area (Å²) in [5, 5.41) is 2.79. The number of ether oxygens (including phenoxy) is 1. The van der Waals surface area contributed by atoms with Gasteiger partial charge in [0.1, 0.15) is 0 Å². The van der Waals surface area contributed by atoms with Crippen molar-refractivity contribution in [2.45, 2.75) is 30.4 Å². The van der Waals surface area contributed by atoms with Crippen molar-refractivity contribution in [3.8, 4) is 0 Å². The molecule has 1 aliphatic heterocycles. The smallest absolute Gasteiger partial charge is 0.251 e. The van der Waals surface area contributed by atoms with Crippen LogP contribution in [0.1, 0.15) is 28.8 Å². The summed E-state index contributed by atoms with van der Waals surface area (Å²) in [6, 6.07) is 9.49. The fraction of sp³-hybridized carbons (Fsp3) is 0.333. The number of sulfonamides is 1. The van der Waals surface area contributed by atoms with E-state index in [2.05, 4.69) is 15.0 Å². The lowest BCUT2D eigenvalue weighted by atomic mass is 10.2. The Morgan fingerprint density at radius 1 is 1.15 bits per heavy atom. The van der Waals surface area contributed by atoms with E-state index >= 15 is 0 Å². The highest BCUT2D eigenvalue weighted by atomic mass is 32.2. The van der Waals surface area contributed by atoms with Gasteiger partial charge in [-0.15, -0.1) is 0 Å². The van der Waals surface area contributed by atoms with Crippen LogP contribution in [0.2, 0.25) is 0 Å². The number of carbonyl (C=O) groups excluding carboxylic acids is 1. The Morgan fingerprint density at radius 2 is 1.88 bits per heavy atom. The fourth-order valence-electron chi connectivity index (χ4n) is 2.66. The molecule has 1 atom stereocenters. The number of benzene rings is 1. The second-order valence-corrected chi connectivity index (χ2v) is 7.82. The van der Waals surface area contributed by atoms with Gasteiger partial charge in [0.25, 0.3) is 5.91 Å². The van der Waals surface area contributed by atoms with E-state index in [1.54, 1.807) is 12.4 Å². The van der Waals surface area contributed by atoms with Gasteiger partial charge in [0, 0.05) is 37.7 Å². The first-order chi connectivity index (χ1) is 12.5. The first-order valence-electron chi connectivity index (χ1n) is 8.43. The lowest BCUT2D eigenvalue weighted by Gasteiger charge is -2.12. The minimum absolute atomic E-state index is 0.0667. The zero-order chi connectivity index (χ0) is 18.4. The molecule has 138 valence electrons. The Morgan fingerprint density at radius 3 is 2.54 bits per heavy atom. The molecule has 2 N–H and O–H groups in total. The minimum Gasteiger partial charge on any atom is -0.377 e. The number of hydrogen-bond acceptors (Lipinski definition) is 5. The molecule has 2 heterocycles. The number of rotatable bonds is 7. The topological polar surface area (TPSA) is 97.4 Å². The molecule has 2 aromatic rings. The summed E-state index contributed by atoms with van der Waals surface area (Å²) in [4.78, 5) is 16.2. The molecule has 3 rings (SSSR count). The Kier molecular flexibility index (Phi) is 5.97. The lowest BCUT2D eigenvalue weighted by molar-refractivity contribution is 0.0950. The number of pyridine rings is 1. The van der Waals surface area contributed by atoms with Crippen molar-refractivity contribution < 1.29 is 17.9 Å². The van der Waals surface area contributed by atoms with Crippen molar-refractivity contribution in [2.75, 3.05) is 13.2 Å². The predicted molar refractivity (Wildman–Crippen MR) is 96.0 cm³/mol. The minimum atomic E-state index is -3.61. The van der Waals surface area contributed by atoms with Crippen LogP contribution in [0.4, 0.5) is 0 Å². The third-order valence-corrected chi connectivity index (χ3v) is 5.59. The van der Waals surface area contributed by atoms with Gasteiger partial charge in [0.05, 0.1) is 11.0 Å². The average Bonchev–Trinajstić information content (AvgIpc) is 3.19.